The van der Waals surface area contributed by atoms with E-state index in [1.54, 1.807) is 6.08 Å². The zero-order valence-corrected chi connectivity index (χ0v) is 9.18. The quantitative estimate of drug-likeness (QED) is 0.503. The molecule has 1 aromatic carbocycles. The highest BCUT2D eigenvalue weighted by Gasteiger charge is 2.13. The number of anilines is 1. The number of nitrogens with zero attached hydrogens (tertiary/aromatic N) is 1. The molecule has 0 saturated heterocycles. The number of nitro benzene ring substituents is 1. The SMILES string of the molecule is C=CCNc1c(Cl)cc([N+](=O)[O-])cc1Cl. The van der Waals surface area contributed by atoms with Gasteiger partial charge in [0.15, 0.2) is 0 Å². The second kappa shape index (κ2) is 5.00. The third kappa shape index (κ3) is 2.84. The Labute approximate surface area is 96.6 Å². The number of rotatable bonds is 4. The number of hydrogen-bond acceptors (Lipinski definition) is 3. The Hall–Kier alpha value is -1.26. The summed E-state index contributed by atoms with van der Waals surface area (Å²) in [7, 11) is 0. The molecule has 0 atom stereocenters. The van der Waals surface area contributed by atoms with Crippen LogP contribution in [0.5, 0.6) is 0 Å². The minimum atomic E-state index is -0.547. The third-order valence-electron chi connectivity index (χ3n) is 1.66. The van der Waals surface area contributed by atoms with Gasteiger partial charge in [-0.25, -0.2) is 0 Å². The van der Waals surface area contributed by atoms with E-state index in [0.29, 0.717) is 12.2 Å². The molecule has 4 nitrogen and oxygen atoms in total. The van der Waals surface area contributed by atoms with Crippen LogP contribution < -0.4 is 5.32 Å². The van der Waals surface area contributed by atoms with E-state index in [1.165, 1.54) is 12.1 Å². The topological polar surface area (TPSA) is 55.2 Å². The van der Waals surface area contributed by atoms with Crippen LogP contribution >= 0.6 is 23.2 Å². The summed E-state index contributed by atoms with van der Waals surface area (Å²) in [5.41, 5.74) is 0.345. The van der Waals surface area contributed by atoms with Crippen molar-refractivity contribution in [3.63, 3.8) is 0 Å². The Morgan fingerprint density at radius 1 is 1.47 bits per heavy atom. The number of hydrogen-bond donors (Lipinski definition) is 1. The molecule has 0 radical (unpaired) electrons. The summed E-state index contributed by atoms with van der Waals surface area (Å²) in [4.78, 5) is 9.94. The molecule has 0 bridgehead atoms. The lowest BCUT2D eigenvalue weighted by Crippen LogP contribution is -2.00. The van der Waals surface area contributed by atoms with Gasteiger partial charge in [-0.1, -0.05) is 29.3 Å². The molecule has 0 spiro atoms. The van der Waals surface area contributed by atoms with Gasteiger partial charge in [-0.15, -0.1) is 6.58 Å². The first-order valence-corrected chi connectivity index (χ1v) is 4.80. The zero-order chi connectivity index (χ0) is 11.4. The van der Waals surface area contributed by atoms with E-state index in [2.05, 4.69) is 11.9 Å². The van der Waals surface area contributed by atoms with Crippen molar-refractivity contribution in [2.45, 2.75) is 0 Å². The number of non-ortho nitro benzene ring substituents is 1. The molecule has 0 saturated carbocycles. The molecule has 0 aliphatic heterocycles. The van der Waals surface area contributed by atoms with Crippen LogP contribution in [-0.4, -0.2) is 11.5 Å². The Balaban J connectivity index is 3.09. The maximum absolute atomic E-state index is 10.5. The van der Waals surface area contributed by atoms with Crippen molar-refractivity contribution in [3.8, 4) is 0 Å². The van der Waals surface area contributed by atoms with Gasteiger partial charge >= 0.3 is 0 Å². The summed E-state index contributed by atoms with van der Waals surface area (Å²) in [5, 5.41) is 13.8. The standard InChI is InChI=1S/C9H8Cl2N2O2/c1-2-3-12-9-7(10)4-6(13(14)15)5-8(9)11/h2,4-5,12H,1,3H2. The van der Waals surface area contributed by atoms with Gasteiger partial charge in [0.2, 0.25) is 0 Å². The van der Waals surface area contributed by atoms with Crippen molar-refractivity contribution in [3.05, 3.63) is 44.9 Å². The van der Waals surface area contributed by atoms with Crippen LogP contribution in [0, 0.1) is 10.1 Å². The Kier molecular flexibility index (Phi) is 3.94. The van der Waals surface area contributed by atoms with Gasteiger partial charge in [-0.2, -0.15) is 0 Å². The van der Waals surface area contributed by atoms with Gasteiger partial charge in [-0.3, -0.25) is 10.1 Å². The van der Waals surface area contributed by atoms with Crippen LogP contribution in [0.15, 0.2) is 24.8 Å². The summed E-state index contributed by atoms with van der Waals surface area (Å²) in [6, 6.07) is 2.50. The number of nitro groups is 1. The normalized spacial score (nSPS) is 9.73. The summed E-state index contributed by atoms with van der Waals surface area (Å²) >= 11 is 11.7. The van der Waals surface area contributed by atoms with Gasteiger partial charge in [0, 0.05) is 18.7 Å². The molecule has 1 aromatic rings. The van der Waals surface area contributed by atoms with E-state index >= 15 is 0 Å². The maximum Gasteiger partial charge on any atom is 0.272 e. The summed E-state index contributed by atoms with van der Waals surface area (Å²) in [6.45, 7) is 4.01. The fraction of sp³-hybridized carbons (Fsp3) is 0.111. The van der Waals surface area contributed by atoms with Crippen molar-refractivity contribution in [2.24, 2.45) is 0 Å². The van der Waals surface area contributed by atoms with Crippen LogP contribution in [0.3, 0.4) is 0 Å². The van der Waals surface area contributed by atoms with Crippen molar-refractivity contribution in [1.29, 1.82) is 0 Å². The molecule has 80 valence electrons. The largest absolute Gasteiger partial charge is 0.379 e. The Morgan fingerprint density at radius 3 is 2.40 bits per heavy atom. The molecule has 0 aliphatic rings. The Bertz CT molecular complexity index is 384. The molecule has 1 rings (SSSR count). The van der Waals surface area contributed by atoms with Crippen LogP contribution in [0.25, 0.3) is 0 Å². The molecule has 15 heavy (non-hydrogen) atoms. The van der Waals surface area contributed by atoms with E-state index in [-0.39, 0.29) is 15.7 Å². The molecule has 0 fully saturated rings. The molecule has 0 heterocycles. The van der Waals surface area contributed by atoms with Crippen LogP contribution in [0.4, 0.5) is 11.4 Å². The molecular formula is C9H8Cl2N2O2. The number of nitrogens with one attached hydrogen (secondary N) is 1. The van der Waals surface area contributed by atoms with Crippen LogP contribution in [0.1, 0.15) is 0 Å². The van der Waals surface area contributed by atoms with Crippen LogP contribution in [0.2, 0.25) is 10.0 Å². The minimum Gasteiger partial charge on any atom is -0.379 e. The summed E-state index contributed by atoms with van der Waals surface area (Å²) in [6.07, 6.45) is 1.63. The van der Waals surface area contributed by atoms with E-state index in [1.807, 2.05) is 0 Å². The third-order valence-corrected chi connectivity index (χ3v) is 2.26. The molecule has 6 heteroatoms. The van der Waals surface area contributed by atoms with Gasteiger partial charge in [0.25, 0.3) is 5.69 Å². The Morgan fingerprint density at radius 2 is 2.00 bits per heavy atom. The second-order valence-corrected chi connectivity index (χ2v) is 3.53. The second-order valence-electron chi connectivity index (χ2n) is 2.71. The van der Waals surface area contributed by atoms with Gasteiger partial charge in [0.1, 0.15) is 0 Å². The summed E-state index contributed by atoms with van der Waals surface area (Å²) in [5.74, 6) is 0. The highest BCUT2D eigenvalue weighted by Crippen LogP contribution is 2.34. The van der Waals surface area contributed by atoms with Gasteiger partial charge < -0.3 is 5.32 Å². The minimum absolute atomic E-state index is 0.130. The van der Waals surface area contributed by atoms with E-state index in [9.17, 15) is 10.1 Å². The highest BCUT2D eigenvalue weighted by atomic mass is 35.5. The van der Waals surface area contributed by atoms with Crippen molar-refractivity contribution in [2.75, 3.05) is 11.9 Å². The first-order valence-electron chi connectivity index (χ1n) is 4.04. The molecule has 0 unspecified atom stereocenters. The van der Waals surface area contributed by atoms with Gasteiger partial charge in [0.05, 0.1) is 20.7 Å². The fourth-order valence-electron chi connectivity index (χ4n) is 1.01. The summed E-state index contributed by atoms with van der Waals surface area (Å²) < 4.78 is 0. The lowest BCUT2D eigenvalue weighted by molar-refractivity contribution is -0.384. The molecule has 1 N–H and O–H groups in total. The predicted octanol–water partition coefficient (Wildman–Crippen LogP) is 3.50. The lowest BCUT2D eigenvalue weighted by atomic mass is 10.3. The van der Waals surface area contributed by atoms with Crippen LogP contribution in [-0.2, 0) is 0 Å². The monoisotopic (exact) mass is 246 g/mol. The molecule has 0 aliphatic carbocycles. The molecule has 0 aromatic heterocycles. The first kappa shape index (κ1) is 11.8. The van der Waals surface area contributed by atoms with Gasteiger partial charge in [-0.05, 0) is 0 Å². The lowest BCUT2D eigenvalue weighted by Gasteiger charge is -2.07. The molecule has 0 amide bonds. The predicted molar refractivity (Wildman–Crippen MR) is 61.8 cm³/mol. The molecular weight excluding hydrogens is 239 g/mol. The van der Waals surface area contributed by atoms with E-state index < -0.39 is 4.92 Å². The highest BCUT2D eigenvalue weighted by molar-refractivity contribution is 6.39. The average Bonchev–Trinajstić information content (AvgIpc) is 2.16. The fourth-order valence-corrected chi connectivity index (χ4v) is 1.62. The zero-order valence-electron chi connectivity index (χ0n) is 7.67. The van der Waals surface area contributed by atoms with Crippen molar-refractivity contribution < 1.29 is 4.92 Å². The smallest absolute Gasteiger partial charge is 0.272 e. The number of halogens is 2. The first-order chi connectivity index (χ1) is 7.06. The number of benzene rings is 1. The van der Waals surface area contributed by atoms with E-state index in [4.69, 9.17) is 23.2 Å². The maximum atomic E-state index is 10.5. The van der Waals surface area contributed by atoms with Crippen molar-refractivity contribution in [1.82, 2.24) is 0 Å². The van der Waals surface area contributed by atoms with Crippen molar-refractivity contribution >= 4 is 34.6 Å². The van der Waals surface area contributed by atoms with E-state index in [0.717, 1.165) is 0 Å². The average molecular weight is 247 g/mol.